The Morgan fingerprint density at radius 3 is 2.79 bits per heavy atom. The molecule has 0 spiro atoms. The van der Waals surface area contributed by atoms with Crippen LogP contribution in [0.5, 0.6) is 0 Å². The predicted octanol–water partition coefficient (Wildman–Crippen LogP) is -0.675. The topological polar surface area (TPSA) is 49.4 Å². The Kier molecular flexibility index (Phi) is 2.81. The van der Waals surface area contributed by atoms with E-state index in [9.17, 15) is 8.42 Å². The SMILES string of the molecule is CN1CCNCC1C1CCS(=O)(=O)C1. The van der Waals surface area contributed by atoms with Crippen molar-refractivity contribution in [2.24, 2.45) is 5.92 Å². The highest BCUT2D eigenvalue weighted by molar-refractivity contribution is 7.91. The molecule has 2 fully saturated rings. The third-order valence-electron chi connectivity index (χ3n) is 3.37. The average Bonchev–Trinajstić information content (AvgIpc) is 2.47. The normalized spacial score (nSPS) is 38.6. The van der Waals surface area contributed by atoms with E-state index in [1.54, 1.807) is 0 Å². The van der Waals surface area contributed by atoms with Crippen molar-refractivity contribution in [3.8, 4) is 0 Å². The second kappa shape index (κ2) is 3.79. The van der Waals surface area contributed by atoms with Crippen LogP contribution in [0.1, 0.15) is 6.42 Å². The Balaban J connectivity index is 2.01. The van der Waals surface area contributed by atoms with Gasteiger partial charge in [0.1, 0.15) is 0 Å². The Morgan fingerprint density at radius 1 is 1.43 bits per heavy atom. The summed E-state index contributed by atoms with van der Waals surface area (Å²) in [5, 5.41) is 3.33. The maximum Gasteiger partial charge on any atom is 0.150 e. The van der Waals surface area contributed by atoms with Gasteiger partial charge in [-0.15, -0.1) is 0 Å². The van der Waals surface area contributed by atoms with E-state index >= 15 is 0 Å². The van der Waals surface area contributed by atoms with Crippen LogP contribution < -0.4 is 5.32 Å². The standard InChI is InChI=1S/C9H18N2O2S/c1-11-4-3-10-6-9(11)8-2-5-14(12,13)7-8/h8-10H,2-7H2,1H3. The molecule has 0 aromatic heterocycles. The first-order valence-corrected chi connectivity index (χ1v) is 7.02. The van der Waals surface area contributed by atoms with Gasteiger partial charge < -0.3 is 10.2 Å². The third kappa shape index (κ3) is 2.10. The summed E-state index contributed by atoms with van der Waals surface area (Å²) in [6.07, 6.45) is 0.846. The zero-order valence-corrected chi connectivity index (χ0v) is 9.39. The molecular weight excluding hydrogens is 200 g/mol. The highest BCUT2D eigenvalue weighted by Gasteiger charge is 2.36. The molecule has 0 bridgehead atoms. The summed E-state index contributed by atoms with van der Waals surface area (Å²) in [5.41, 5.74) is 0. The van der Waals surface area contributed by atoms with Crippen LogP contribution >= 0.6 is 0 Å². The zero-order chi connectivity index (χ0) is 10.2. The second-order valence-corrected chi connectivity index (χ2v) is 6.64. The van der Waals surface area contributed by atoms with E-state index in [1.807, 2.05) is 0 Å². The Bertz CT molecular complexity index is 302. The fourth-order valence-corrected chi connectivity index (χ4v) is 4.35. The molecule has 4 nitrogen and oxygen atoms in total. The quantitative estimate of drug-likeness (QED) is 0.634. The van der Waals surface area contributed by atoms with Crippen LogP contribution in [-0.2, 0) is 9.84 Å². The highest BCUT2D eigenvalue weighted by atomic mass is 32.2. The van der Waals surface area contributed by atoms with Gasteiger partial charge in [-0.05, 0) is 19.4 Å². The second-order valence-electron chi connectivity index (χ2n) is 4.42. The highest BCUT2D eigenvalue weighted by Crippen LogP contribution is 2.24. The van der Waals surface area contributed by atoms with Gasteiger partial charge in [-0.25, -0.2) is 8.42 Å². The number of hydrogen-bond acceptors (Lipinski definition) is 4. The van der Waals surface area contributed by atoms with Crippen LogP contribution in [0.2, 0.25) is 0 Å². The van der Waals surface area contributed by atoms with Gasteiger partial charge in [0, 0.05) is 25.7 Å². The average molecular weight is 218 g/mol. The minimum atomic E-state index is -2.72. The molecule has 2 aliphatic heterocycles. The van der Waals surface area contributed by atoms with Gasteiger partial charge in [-0.2, -0.15) is 0 Å². The first-order chi connectivity index (χ1) is 6.58. The molecule has 0 saturated carbocycles. The van der Waals surface area contributed by atoms with Gasteiger partial charge in [0.15, 0.2) is 9.84 Å². The van der Waals surface area contributed by atoms with Crippen molar-refractivity contribution in [2.75, 3.05) is 38.2 Å². The zero-order valence-electron chi connectivity index (χ0n) is 8.57. The molecule has 0 aromatic rings. The fraction of sp³-hybridized carbons (Fsp3) is 1.00. The molecule has 2 atom stereocenters. The van der Waals surface area contributed by atoms with Gasteiger partial charge in [0.25, 0.3) is 0 Å². The maximum atomic E-state index is 11.4. The molecule has 2 aliphatic rings. The molecular formula is C9H18N2O2S. The van der Waals surface area contributed by atoms with E-state index in [4.69, 9.17) is 0 Å². The van der Waals surface area contributed by atoms with Crippen molar-refractivity contribution in [1.29, 1.82) is 0 Å². The molecule has 2 unspecified atom stereocenters. The smallest absolute Gasteiger partial charge is 0.150 e. The van der Waals surface area contributed by atoms with Gasteiger partial charge in [-0.3, -0.25) is 0 Å². The lowest BCUT2D eigenvalue weighted by Gasteiger charge is -2.36. The van der Waals surface area contributed by atoms with Gasteiger partial charge in [0.2, 0.25) is 0 Å². The van der Waals surface area contributed by atoms with E-state index in [1.165, 1.54) is 0 Å². The van der Waals surface area contributed by atoms with Crippen molar-refractivity contribution in [1.82, 2.24) is 10.2 Å². The number of piperazine rings is 1. The monoisotopic (exact) mass is 218 g/mol. The van der Waals surface area contributed by atoms with Crippen molar-refractivity contribution in [3.63, 3.8) is 0 Å². The summed E-state index contributed by atoms with van der Waals surface area (Å²) in [7, 11) is -0.629. The lowest BCUT2D eigenvalue weighted by Crippen LogP contribution is -2.52. The number of likely N-dealkylation sites (N-methyl/N-ethyl adjacent to an activating group) is 1. The summed E-state index contributed by atoms with van der Waals surface area (Å²) in [6, 6.07) is 0.418. The van der Waals surface area contributed by atoms with Gasteiger partial charge >= 0.3 is 0 Å². The number of sulfone groups is 1. The summed E-state index contributed by atoms with van der Waals surface area (Å²) in [5.74, 6) is 1.13. The lowest BCUT2D eigenvalue weighted by molar-refractivity contribution is 0.152. The summed E-state index contributed by atoms with van der Waals surface area (Å²) in [6.45, 7) is 2.99. The number of nitrogens with one attached hydrogen (secondary N) is 1. The molecule has 0 radical (unpaired) electrons. The minimum absolute atomic E-state index is 0.345. The number of rotatable bonds is 1. The van der Waals surface area contributed by atoms with Crippen LogP contribution in [0.3, 0.4) is 0 Å². The number of hydrogen-bond donors (Lipinski definition) is 1. The number of nitrogens with zero attached hydrogens (tertiary/aromatic N) is 1. The van der Waals surface area contributed by atoms with Crippen LogP contribution in [0.4, 0.5) is 0 Å². The Labute approximate surface area is 85.6 Å². The predicted molar refractivity (Wildman–Crippen MR) is 56.0 cm³/mol. The van der Waals surface area contributed by atoms with Crippen molar-refractivity contribution < 1.29 is 8.42 Å². The summed E-state index contributed by atoms with van der Waals surface area (Å²) in [4.78, 5) is 2.29. The fourth-order valence-electron chi connectivity index (χ4n) is 2.48. The largest absolute Gasteiger partial charge is 0.314 e. The van der Waals surface area contributed by atoms with E-state index in [0.29, 0.717) is 23.5 Å². The first kappa shape index (κ1) is 10.4. The third-order valence-corrected chi connectivity index (χ3v) is 5.17. The molecule has 2 rings (SSSR count). The van der Waals surface area contributed by atoms with Crippen LogP contribution in [-0.4, -0.2) is 57.5 Å². The maximum absolute atomic E-state index is 11.4. The minimum Gasteiger partial charge on any atom is -0.314 e. The summed E-state index contributed by atoms with van der Waals surface area (Å²) >= 11 is 0. The Hall–Kier alpha value is -0.130. The van der Waals surface area contributed by atoms with Crippen molar-refractivity contribution in [2.45, 2.75) is 12.5 Å². The molecule has 2 saturated heterocycles. The Morgan fingerprint density at radius 2 is 2.21 bits per heavy atom. The first-order valence-electron chi connectivity index (χ1n) is 5.20. The van der Waals surface area contributed by atoms with Crippen molar-refractivity contribution in [3.05, 3.63) is 0 Å². The molecule has 1 N–H and O–H groups in total. The molecule has 0 aliphatic carbocycles. The van der Waals surface area contributed by atoms with Crippen LogP contribution in [0, 0.1) is 5.92 Å². The van der Waals surface area contributed by atoms with Crippen LogP contribution in [0.25, 0.3) is 0 Å². The van der Waals surface area contributed by atoms with E-state index in [2.05, 4.69) is 17.3 Å². The van der Waals surface area contributed by atoms with E-state index < -0.39 is 9.84 Å². The molecule has 5 heteroatoms. The van der Waals surface area contributed by atoms with E-state index in [0.717, 1.165) is 26.1 Å². The molecule has 14 heavy (non-hydrogen) atoms. The van der Waals surface area contributed by atoms with Crippen LogP contribution in [0.15, 0.2) is 0 Å². The van der Waals surface area contributed by atoms with Gasteiger partial charge in [0.05, 0.1) is 11.5 Å². The van der Waals surface area contributed by atoms with Crippen molar-refractivity contribution >= 4 is 9.84 Å². The lowest BCUT2D eigenvalue weighted by atomic mass is 9.96. The molecule has 82 valence electrons. The van der Waals surface area contributed by atoms with E-state index in [-0.39, 0.29) is 0 Å². The molecule has 0 amide bonds. The van der Waals surface area contributed by atoms with Gasteiger partial charge in [-0.1, -0.05) is 0 Å². The molecule has 0 aromatic carbocycles. The molecule has 2 heterocycles. The summed E-state index contributed by atoms with van der Waals surface area (Å²) < 4.78 is 22.7.